The molecule has 162 valence electrons. The monoisotopic (exact) mass is 423 g/mol. The summed E-state index contributed by atoms with van der Waals surface area (Å²) in [6.07, 6.45) is 7.14. The van der Waals surface area contributed by atoms with E-state index in [2.05, 4.69) is 26.9 Å². The van der Waals surface area contributed by atoms with Crippen LogP contribution in [0.3, 0.4) is 0 Å². The van der Waals surface area contributed by atoms with Crippen molar-refractivity contribution in [2.24, 2.45) is 0 Å². The summed E-state index contributed by atoms with van der Waals surface area (Å²) < 4.78 is 6.83. The van der Waals surface area contributed by atoms with Crippen LogP contribution in [0.15, 0.2) is 41.5 Å². The Labute approximate surface area is 178 Å². The van der Waals surface area contributed by atoms with E-state index in [1.165, 1.54) is 35.7 Å². The molecule has 10 heteroatoms. The Morgan fingerprint density at radius 3 is 2.84 bits per heavy atom. The van der Waals surface area contributed by atoms with E-state index < -0.39 is 5.69 Å². The predicted molar refractivity (Wildman–Crippen MR) is 119 cm³/mol. The van der Waals surface area contributed by atoms with Gasteiger partial charge in [0.2, 0.25) is 0 Å². The number of anilines is 2. The number of hydrogen-bond acceptors (Lipinski definition) is 7. The first-order valence-corrected chi connectivity index (χ1v) is 9.94. The lowest BCUT2D eigenvalue weighted by Gasteiger charge is -2.20. The van der Waals surface area contributed by atoms with Crippen LogP contribution in [-0.2, 0) is 4.79 Å². The maximum atomic E-state index is 12.8. The van der Waals surface area contributed by atoms with E-state index in [0.717, 1.165) is 0 Å². The number of nitrogen functional groups attached to an aromatic ring is 1. The zero-order valence-corrected chi connectivity index (χ0v) is 17.7. The third kappa shape index (κ3) is 4.02. The molecule has 1 aromatic carbocycles. The third-order valence-corrected chi connectivity index (χ3v) is 5.44. The topological polar surface area (TPSA) is 122 Å². The van der Waals surface area contributed by atoms with Crippen LogP contribution in [-0.4, -0.2) is 64.1 Å². The van der Waals surface area contributed by atoms with Crippen molar-refractivity contribution in [3.63, 3.8) is 0 Å². The number of H-pyrrole nitrogens is 1. The number of likely N-dealkylation sites (N-methyl/N-ethyl adjacent to an activating group) is 2. The summed E-state index contributed by atoms with van der Waals surface area (Å²) in [5, 5.41) is 0. The molecule has 1 aliphatic rings. The summed E-state index contributed by atoms with van der Waals surface area (Å²) in [5.41, 5.74) is 7.19. The molecule has 1 saturated carbocycles. The lowest BCUT2D eigenvalue weighted by atomic mass is 10.2. The quantitative estimate of drug-likeness (QED) is 0.549. The molecule has 1 aliphatic carbocycles. The molecule has 2 aromatic heterocycles. The van der Waals surface area contributed by atoms with Gasteiger partial charge in [-0.1, -0.05) is 6.08 Å². The van der Waals surface area contributed by atoms with Gasteiger partial charge in [-0.3, -0.25) is 9.69 Å². The zero-order valence-electron chi connectivity index (χ0n) is 17.7. The van der Waals surface area contributed by atoms with Crippen LogP contribution in [0.4, 0.5) is 11.5 Å². The molecule has 0 aliphatic heterocycles. The molecule has 4 rings (SSSR count). The number of carbonyl (C=O) groups excluding carboxylic acids is 1. The Hall–Kier alpha value is -3.66. The number of benzene rings is 1. The Balaban J connectivity index is 1.66. The molecule has 0 saturated heterocycles. The number of hydrogen-bond donors (Lipinski definition) is 2. The number of nitrogens with zero attached hydrogens (tertiary/aromatic N) is 5. The van der Waals surface area contributed by atoms with Gasteiger partial charge in [-0.2, -0.15) is 0 Å². The van der Waals surface area contributed by atoms with Crippen LogP contribution >= 0.6 is 0 Å². The summed E-state index contributed by atoms with van der Waals surface area (Å²) >= 11 is 0. The van der Waals surface area contributed by atoms with Gasteiger partial charge >= 0.3 is 5.69 Å². The Morgan fingerprint density at radius 2 is 2.13 bits per heavy atom. The molecule has 2 heterocycles. The van der Waals surface area contributed by atoms with Gasteiger partial charge in [-0.25, -0.2) is 19.3 Å². The summed E-state index contributed by atoms with van der Waals surface area (Å²) in [4.78, 5) is 39.8. The summed E-state index contributed by atoms with van der Waals surface area (Å²) in [7, 11) is 5.25. The molecule has 3 aromatic rings. The zero-order chi connectivity index (χ0) is 22.1. The second-order valence-electron chi connectivity index (χ2n) is 7.55. The number of nitrogens with one attached hydrogen (secondary N) is 1. The van der Waals surface area contributed by atoms with Crippen LogP contribution < -0.4 is 21.1 Å². The van der Waals surface area contributed by atoms with E-state index in [4.69, 9.17) is 10.5 Å². The van der Waals surface area contributed by atoms with Gasteiger partial charge in [0.25, 0.3) is 5.91 Å². The smallest absolute Gasteiger partial charge is 0.332 e. The molecule has 10 nitrogen and oxygen atoms in total. The number of ether oxygens (including phenoxy) is 1. The fraction of sp³-hybridized carbons (Fsp3) is 0.333. The van der Waals surface area contributed by atoms with E-state index in [9.17, 15) is 9.59 Å². The van der Waals surface area contributed by atoms with E-state index in [-0.39, 0.29) is 11.7 Å². The van der Waals surface area contributed by atoms with Gasteiger partial charge in [-0.15, -0.1) is 0 Å². The Morgan fingerprint density at radius 1 is 1.35 bits per heavy atom. The number of rotatable bonds is 7. The highest BCUT2D eigenvalue weighted by Crippen LogP contribution is 2.31. The van der Waals surface area contributed by atoms with Crippen molar-refractivity contribution in [1.82, 2.24) is 24.4 Å². The normalized spacial score (nSPS) is 13.9. The maximum absolute atomic E-state index is 12.8. The second-order valence-corrected chi connectivity index (χ2v) is 7.55. The average Bonchev–Trinajstić information content (AvgIpc) is 3.55. The molecule has 0 atom stereocenters. The van der Waals surface area contributed by atoms with Gasteiger partial charge in [0.1, 0.15) is 17.6 Å². The van der Waals surface area contributed by atoms with E-state index >= 15 is 0 Å². The number of methoxy groups -OCH3 is 1. The van der Waals surface area contributed by atoms with Crippen molar-refractivity contribution < 1.29 is 9.53 Å². The summed E-state index contributed by atoms with van der Waals surface area (Å²) in [6, 6.07) is 5.75. The number of nitrogens with two attached hydrogens (primary N) is 1. The predicted octanol–water partition coefficient (Wildman–Crippen LogP) is 1.31. The van der Waals surface area contributed by atoms with Crippen LogP contribution in [0, 0.1) is 0 Å². The molecule has 31 heavy (non-hydrogen) atoms. The van der Waals surface area contributed by atoms with Crippen molar-refractivity contribution in [2.45, 2.75) is 18.9 Å². The number of amides is 1. The van der Waals surface area contributed by atoms with Crippen molar-refractivity contribution in [2.75, 3.05) is 38.4 Å². The Kier molecular flexibility index (Phi) is 5.47. The fourth-order valence-corrected chi connectivity index (χ4v) is 3.47. The molecule has 0 radical (unpaired) electrons. The van der Waals surface area contributed by atoms with Crippen LogP contribution in [0.1, 0.15) is 12.8 Å². The molecular formula is C21H25N7O3. The minimum Gasteiger partial charge on any atom is -0.495 e. The maximum Gasteiger partial charge on any atom is 0.332 e. The molecule has 0 spiro atoms. The van der Waals surface area contributed by atoms with Gasteiger partial charge in [-0.05, 0) is 38.1 Å². The minimum atomic E-state index is -0.407. The first kappa shape index (κ1) is 20.6. The summed E-state index contributed by atoms with van der Waals surface area (Å²) in [6.45, 7) is 0.716. The number of carbonyl (C=O) groups is 1. The highest BCUT2D eigenvalue weighted by atomic mass is 16.5. The standard InChI is InChI=1S/C21H25N7O3/c1-26(13-6-7-13)10-4-5-17(29)27(2)15-11-14(8-9-16(15)31-3)28-20-18(25-21(28)30)19(22)23-12-24-20/h4-5,8-9,11-13H,6-7,10H2,1-3H3,(H,25,30)(H2,22,23,24)/b5-4+. The van der Waals surface area contributed by atoms with Crippen LogP contribution in [0.2, 0.25) is 0 Å². The Bertz CT molecular complexity index is 1210. The second kappa shape index (κ2) is 8.23. The highest BCUT2D eigenvalue weighted by molar-refractivity contribution is 6.02. The van der Waals surface area contributed by atoms with Crippen molar-refractivity contribution in [3.8, 4) is 11.4 Å². The van der Waals surface area contributed by atoms with E-state index in [1.54, 1.807) is 31.3 Å². The fourth-order valence-electron chi connectivity index (χ4n) is 3.47. The lowest BCUT2D eigenvalue weighted by Crippen LogP contribution is -2.26. The van der Waals surface area contributed by atoms with Gasteiger partial charge in [0.15, 0.2) is 11.5 Å². The molecule has 1 fully saturated rings. The molecule has 3 N–H and O–H groups in total. The number of aromatic amines is 1. The largest absolute Gasteiger partial charge is 0.495 e. The molecule has 0 bridgehead atoms. The van der Waals surface area contributed by atoms with Gasteiger partial charge in [0, 0.05) is 25.7 Å². The first-order valence-electron chi connectivity index (χ1n) is 9.94. The van der Waals surface area contributed by atoms with Crippen LogP contribution in [0.25, 0.3) is 16.9 Å². The van der Waals surface area contributed by atoms with Crippen molar-refractivity contribution in [1.29, 1.82) is 0 Å². The van der Waals surface area contributed by atoms with E-state index in [1.807, 2.05) is 6.08 Å². The molecule has 1 amide bonds. The number of aromatic nitrogens is 4. The van der Waals surface area contributed by atoms with Gasteiger partial charge in [0.05, 0.1) is 18.5 Å². The van der Waals surface area contributed by atoms with E-state index in [0.29, 0.717) is 40.9 Å². The molecular weight excluding hydrogens is 398 g/mol. The summed E-state index contributed by atoms with van der Waals surface area (Å²) in [5.74, 6) is 0.491. The minimum absolute atomic E-state index is 0.184. The third-order valence-electron chi connectivity index (χ3n) is 5.44. The lowest BCUT2D eigenvalue weighted by molar-refractivity contribution is -0.113. The first-order chi connectivity index (χ1) is 14.9. The van der Waals surface area contributed by atoms with Crippen molar-refractivity contribution >= 4 is 28.6 Å². The SMILES string of the molecule is COc1ccc(-n2c(=O)[nH]c3c(N)ncnc32)cc1N(C)C(=O)/C=C/CN(C)C1CC1. The molecule has 0 unspecified atom stereocenters. The highest BCUT2D eigenvalue weighted by Gasteiger charge is 2.25. The van der Waals surface area contributed by atoms with Crippen molar-refractivity contribution in [3.05, 3.63) is 47.2 Å². The number of imidazole rings is 1. The average molecular weight is 423 g/mol. The van der Waals surface area contributed by atoms with Crippen LogP contribution in [0.5, 0.6) is 5.75 Å². The number of fused-ring (bicyclic) bond motifs is 1. The van der Waals surface area contributed by atoms with Gasteiger partial charge < -0.3 is 20.4 Å².